The molecule has 0 spiro atoms. The Morgan fingerprint density at radius 3 is 2.90 bits per heavy atom. The number of hydrogen-bond donors (Lipinski definition) is 0. The van der Waals surface area contributed by atoms with Gasteiger partial charge in [0, 0.05) is 11.6 Å². The molecular formula is C16H18ClNO3. The second-order valence-electron chi connectivity index (χ2n) is 5.14. The molecule has 1 aromatic heterocycles. The summed E-state index contributed by atoms with van der Waals surface area (Å²) in [5.41, 5.74) is 0.639. The number of ether oxygens (including phenoxy) is 2. The van der Waals surface area contributed by atoms with Crippen molar-refractivity contribution >= 4 is 28.5 Å². The van der Waals surface area contributed by atoms with Crippen LogP contribution in [0.15, 0.2) is 30.5 Å². The number of carbonyl (C=O) groups is 1. The molecule has 1 heterocycles. The first kappa shape index (κ1) is 15.6. The summed E-state index contributed by atoms with van der Waals surface area (Å²) in [5, 5.41) is 1.40. The number of aromatic nitrogens is 1. The highest BCUT2D eigenvalue weighted by Crippen LogP contribution is 2.29. The minimum atomic E-state index is -0.380. The number of esters is 1. The predicted molar refractivity (Wildman–Crippen MR) is 82.7 cm³/mol. The molecule has 0 unspecified atom stereocenters. The summed E-state index contributed by atoms with van der Waals surface area (Å²) in [7, 11) is 0. The lowest BCUT2D eigenvalue weighted by atomic mass is 10.1. The molecule has 0 N–H and O–H groups in total. The van der Waals surface area contributed by atoms with Crippen LogP contribution in [0.25, 0.3) is 10.9 Å². The number of fused-ring (bicyclic) bond motifs is 1. The summed E-state index contributed by atoms with van der Waals surface area (Å²) in [4.78, 5) is 15.9. The van der Waals surface area contributed by atoms with E-state index in [1.54, 1.807) is 24.4 Å². The van der Waals surface area contributed by atoms with Crippen LogP contribution in [0.4, 0.5) is 0 Å². The smallest absolute Gasteiger partial charge is 0.344 e. The maximum absolute atomic E-state index is 11.6. The van der Waals surface area contributed by atoms with Crippen LogP contribution in [0.2, 0.25) is 5.02 Å². The first-order valence-electron chi connectivity index (χ1n) is 6.89. The van der Waals surface area contributed by atoms with Gasteiger partial charge in [-0.3, -0.25) is 4.98 Å². The molecule has 0 atom stereocenters. The van der Waals surface area contributed by atoms with E-state index in [1.807, 2.05) is 6.07 Å². The molecule has 2 aromatic rings. The Morgan fingerprint density at radius 1 is 1.33 bits per heavy atom. The van der Waals surface area contributed by atoms with Crippen LogP contribution in [-0.2, 0) is 9.53 Å². The van der Waals surface area contributed by atoms with Crippen molar-refractivity contribution in [2.24, 2.45) is 5.92 Å². The lowest BCUT2D eigenvalue weighted by Gasteiger charge is -2.10. The van der Waals surface area contributed by atoms with Gasteiger partial charge >= 0.3 is 5.97 Å². The Hall–Kier alpha value is -1.81. The quantitative estimate of drug-likeness (QED) is 0.760. The molecule has 0 aliphatic rings. The first-order chi connectivity index (χ1) is 10.1. The molecule has 21 heavy (non-hydrogen) atoms. The zero-order valence-corrected chi connectivity index (χ0v) is 12.9. The highest BCUT2D eigenvalue weighted by molar-refractivity contribution is 6.35. The van der Waals surface area contributed by atoms with Gasteiger partial charge in [0.25, 0.3) is 0 Å². The summed E-state index contributed by atoms with van der Waals surface area (Å²) < 4.78 is 10.6. The van der Waals surface area contributed by atoms with Crippen molar-refractivity contribution in [1.82, 2.24) is 4.98 Å². The summed E-state index contributed by atoms with van der Waals surface area (Å²) in [6.45, 7) is 4.44. The van der Waals surface area contributed by atoms with E-state index in [1.165, 1.54) is 0 Å². The molecule has 0 bridgehead atoms. The fraction of sp³-hybridized carbons (Fsp3) is 0.375. The van der Waals surface area contributed by atoms with Crippen LogP contribution in [0.1, 0.15) is 20.3 Å². The molecule has 0 aliphatic carbocycles. The van der Waals surface area contributed by atoms with Gasteiger partial charge in [-0.2, -0.15) is 0 Å². The number of hydrogen-bond acceptors (Lipinski definition) is 4. The minimum absolute atomic E-state index is 0.134. The Labute approximate surface area is 129 Å². The molecule has 112 valence electrons. The number of rotatable bonds is 6. The Balaban J connectivity index is 1.98. The van der Waals surface area contributed by atoms with Gasteiger partial charge in [-0.1, -0.05) is 25.4 Å². The predicted octanol–water partition coefficient (Wildman–Crippen LogP) is 3.86. The monoisotopic (exact) mass is 307 g/mol. The van der Waals surface area contributed by atoms with Crippen LogP contribution in [0, 0.1) is 5.92 Å². The molecule has 4 nitrogen and oxygen atoms in total. The van der Waals surface area contributed by atoms with Gasteiger partial charge in [0.05, 0.1) is 11.6 Å². The maximum Gasteiger partial charge on any atom is 0.344 e. The first-order valence-corrected chi connectivity index (χ1v) is 7.27. The summed E-state index contributed by atoms with van der Waals surface area (Å²) >= 11 is 6.10. The SMILES string of the molecule is CC(C)CCOC(=O)COc1ccc(Cl)c2cccnc12. The van der Waals surface area contributed by atoms with Gasteiger partial charge in [0.1, 0.15) is 11.3 Å². The van der Waals surface area contributed by atoms with Gasteiger partial charge in [-0.05, 0) is 36.6 Å². The number of nitrogens with zero attached hydrogens (tertiary/aromatic N) is 1. The van der Waals surface area contributed by atoms with Crippen molar-refractivity contribution in [3.63, 3.8) is 0 Å². The van der Waals surface area contributed by atoms with E-state index in [2.05, 4.69) is 18.8 Å². The molecule has 0 radical (unpaired) electrons. The number of carbonyl (C=O) groups excluding carboxylic acids is 1. The van der Waals surface area contributed by atoms with Crippen molar-refractivity contribution in [2.75, 3.05) is 13.2 Å². The van der Waals surface area contributed by atoms with E-state index < -0.39 is 0 Å². The van der Waals surface area contributed by atoms with Gasteiger partial charge in [-0.15, -0.1) is 0 Å². The van der Waals surface area contributed by atoms with Crippen LogP contribution in [-0.4, -0.2) is 24.2 Å². The fourth-order valence-corrected chi connectivity index (χ4v) is 2.03. The topological polar surface area (TPSA) is 48.4 Å². The standard InChI is InChI=1S/C16H18ClNO3/c1-11(2)7-9-20-15(19)10-21-14-6-5-13(17)12-4-3-8-18-16(12)14/h3-6,8,11H,7,9-10H2,1-2H3. The molecule has 0 fully saturated rings. The van der Waals surface area contributed by atoms with E-state index in [4.69, 9.17) is 21.1 Å². The van der Waals surface area contributed by atoms with E-state index in [0.29, 0.717) is 28.8 Å². The average molecular weight is 308 g/mol. The van der Waals surface area contributed by atoms with E-state index in [-0.39, 0.29) is 12.6 Å². The van der Waals surface area contributed by atoms with Gasteiger partial charge in [0.15, 0.2) is 6.61 Å². The molecular weight excluding hydrogens is 290 g/mol. The van der Waals surface area contributed by atoms with Gasteiger partial charge < -0.3 is 9.47 Å². The summed E-state index contributed by atoms with van der Waals surface area (Å²) in [6, 6.07) is 7.10. The highest BCUT2D eigenvalue weighted by atomic mass is 35.5. The molecule has 2 rings (SSSR count). The van der Waals surface area contributed by atoms with Crippen molar-refractivity contribution in [2.45, 2.75) is 20.3 Å². The minimum Gasteiger partial charge on any atom is -0.480 e. The number of pyridine rings is 1. The lowest BCUT2D eigenvalue weighted by Crippen LogP contribution is -2.16. The Bertz CT molecular complexity index is 628. The van der Waals surface area contributed by atoms with Crippen molar-refractivity contribution < 1.29 is 14.3 Å². The number of benzene rings is 1. The van der Waals surface area contributed by atoms with Gasteiger partial charge in [0.2, 0.25) is 0 Å². The molecule has 1 aromatic carbocycles. The second-order valence-corrected chi connectivity index (χ2v) is 5.54. The van der Waals surface area contributed by atoms with Crippen molar-refractivity contribution in [3.8, 4) is 5.75 Å². The summed E-state index contributed by atoms with van der Waals surface area (Å²) in [5.74, 6) is 0.647. The maximum atomic E-state index is 11.6. The van der Waals surface area contributed by atoms with Gasteiger partial charge in [-0.25, -0.2) is 4.79 Å². The van der Waals surface area contributed by atoms with Crippen LogP contribution >= 0.6 is 11.6 Å². The van der Waals surface area contributed by atoms with Crippen LogP contribution in [0.3, 0.4) is 0 Å². The van der Waals surface area contributed by atoms with Crippen molar-refractivity contribution in [3.05, 3.63) is 35.5 Å². The Kier molecular flexibility index (Phi) is 5.39. The molecule has 0 aliphatic heterocycles. The van der Waals surface area contributed by atoms with Crippen molar-refractivity contribution in [1.29, 1.82) is 0 Å². The third-order valence-corrected chi connectivity index (χ3v) is 3.31. The summed E-state index contributed by atoms with van der Waals surface area (Å²) in [6.07, 6.45) is 2.50. The Morgan fingerprint density at radius 2 is 2.14 bits per heavy atom. The zero-order chi connectivity index (χ0) is 15.2. The van der Waals surface area contributed by atoms with Crippen LogP contribution < -0.4 is 4.74 Å². The number of halogens is 1. The second kappa shape index (κ2) is 7.27. The zero-order valence-electron chi connectivity index (χ0n) is 12.1. The fourth-order valence-electron chi connectivity index (χ4n) is 1.82. The third-order valence-electron chi connectivity index (χ3n) is 2.98. The average Bonchev–Trinajstić information content (AvgIpc) is 2.46. The normalized spacial score (nSPS) is 10.9. The lowest BCUT2D eigenvalue weighted by molar-refractivity contribution is -0.146. The third kappa shape index (κ3) is 4.33. The molecule has 5 heteroatoms. The van der Waals surface area contributed by atoms with E-state index in [9.17, 15) is 4.79 Å². The van der Waals surface area contributed by atoms with E-state index >= 15 is 0 Å². The molecule has 0 saturated carbocycles. The molecule has 0 saturated heterocycles. The van der Waals surface area contributed by atoms with E-state index in [0.717, 1.165) is 11.8 Å². The highest BCUT2D eigenvalue weighted by Gasteiger charge is 2.10. The largest absolute Gasteiger partial charge is 0.480 e. The van der Waals surface area contributed by atoms with Crippen LogP contribution in [0.5, 0.6) is 5.75 Å². The molecule has 0 amide bonds.